The largest absolute Gasteiger partial charge is 0.483 e. The highest BCUT2D eigenvalue weighted by Crippen LogP contribution is 2.22. The second kappa shape index (κ2) is 8.31. The number of amides is 1. The lowest BCUT2D eigenvalue weighted by molar-refractivity contribution is -0.123. The first-order valence-corrected chi connectivity index (χ1v) is 9.06. The van der Waals surface area contributed by atoms with Crippen molar-refractivity contribution in [2.45, 2.75) is 27.7 Å². The Morgan fingerprint density at radius 1 is 1.29 bits per heavy atom. The number of rotatable bonds is 6. The minimum atomic E-state index is -0.355. The van der Waals surface area contributed by atoms with Crippen molar-refractivity contribution in [2.24, 2.45) is 5.10 Å². The lowest BCUT2D eigenvalue weighted by Gasteiger charge is -2.08. The molecular formula is C20H21ClN4O3. The molecule has 0 spiro atoms. The van der Waals surface area contributed by atoms with Gasteiger partial charge in [-0.1, -0.05) is 16.8 Å². The highest BCUT2D eigenvalue weighted by atomic mass is 35.5. The number of carbonyl (C=O) groups is 1. The Hall–Kier alpha value is -3.06. The number of nitrogens with zero attached hydrogens (tertiary/aromatic N) is 3. The maximum Gasteiger partial charge on any atom is 0.277 e. The molecule has 8 heteroatoms. The molecule has 0 atom stereocenters. The van der Waals surface area contributed by atoms with Gasteiger partial charge >= 0.3 is 0 Å². The van der Waals surface area contributed by atoms with Crippen LogP contribution in [0, 0.1) is 27.7 Å². The smallest absolute Gasteiger partial charge is 0.277 e. The summed E-state index contributed by atoms with van der Waals surface area (Å²) in [6.07, 6.45) is 1.59. The molecule has 0 saturated carbocycles. The average molecular weight is 401 g/mol. The number of aromatic nitrogens is 2. The topological polar surface area (TPSA) is 81.7 Å². The molecule has 0 bridgehead atoms. The number of hydrogen-bond donors (Lipinski definition) is 1. The summed E-state index contributed by atoms with van der Waals surface area (Å²) < 4.78 is 12.6. The number of hydrogen-bond acceptors (Lipinski definition) is 5. The average Bonchev–Trinajstić information content (AvgIpc) is 3.17. The summed E-state index contributed by atoms with van der Waals surface area (Å²) in [6, 6.07) is 9.04. The highest BCUT2D eigenvalue weighted by Gasteiger charge is 2.12. The van der Waals surface area contributed by atoms with Gasteiger partial charge in [-0.15, -0.1) is 0 Å². The van der Waals surface area contributed by atoms with Crippen LogP contribution in [0.2, 0.25) is 5.02 Å². The second-order valence-corrected chi connectivity index (χ2v) is 6.89. The van der Waals surface area contributed by atoms with E-state index in [9.17, 15) is 4.79 Å². The van der Waals surface area contributed by atoms with Crippen LogP contribution in [0.25, 0.3) is 5.82 Å². The van der Waals surface area contributed by atoms with Gasteiger partial charge in [-0.05, 0) is 57.5 Å². The van der Waals surface area contributed by atoms with Gasteiger partial charge in [-0.3, -0.25) is 9.36 Å². The van der Waals surface area contributed by atoms with Crippen LogP contribution in [-0.2, 0) is 4.79 Å². The van der Waals surface area contributed by atoms with Gasteiger partial charge < -0.3 is 9.26 Å². The molecule has 1 N–H and O–H groups in total. The van der Waals surface area contributed by atoms with Gasteiger partial charge in [0.05, 0.1) is 6.21 Å². The Bertz CT molecular complexity index is 1040. The third-order valence-corrected chi connectivity index (χ3v) is 4.44. The van der Waals surface area contributed by atoms with Crippen LogP contribution in [0.4, 0.5) is 0 Å². The van der Waals surface area contributed by atoms with Crippen molar-refractivity contribution in [1.29, 1.82) is 0 Å². The third kappa shape index (κ3) is 4.43. The van der Waals surface area contributed by atoms with Crippen LogP contribution in [0.3, 0.4) is 0 Å². The fourth-order valence-electron chi connectivity index (χ4n) is 2.85. The van der Waals surface area contributed by atoms with Crippen LogP contribution >= 0.6 is 11.6 Å². The van der Waals surface area contributed by atoms with Gasteiger partial charge in [-0.25, -0.2) is 5.43 Å². The van der Waals surface area contributed by atoms with E-state index >= 15 is 0 Å². The number of hydrazone groups is 1. The molecule has 0 radical (unpaired) electrons. The zero-order valence-corrected chi connectivity index (χ0v) is 16.9. The summed E-state index contributed by atoms with van der Waals surface area (Å²) in [5.74, 6) is 1.70. The first-order valence-electron chi connectivity index (χ1n) is 8.68. The van der Waals surface area contributed by atoms with Crippen LogP contribution in [0.5, 0.6) is 5.75 Å². The Labute approximate surface area is 167 Å². The monoisotopic (exact) mass is 400 g/mol. The molecule has 0 aliphatic rings. The lowest BCUT2D eigenvalue weighted by atomic mass is 10.2. The number of benzene rings is 1. The van der Waals surface area contributed by atoms with E-state index in [1.807, 2.05) is 44.4 Å². The summed E-state index contributed by atoms with van der Waals surface area (Å²) in [5.41, 5.74) is 6.12. The van der Waals surface area contributed by atoms with Gasteiger partial charge in [0.25, 0.3) is 5.91 Å². The summed E-state index contributed by atoms with van der Waals surface area (Å²) in [7, 11) is 0. The summed E-state index contributed by atoms with van der Waals surface area (Å²) in [6.45, 7) is 7.48. The minimum Gasteiger partial charge on any atom is -0.483 e. The normalized spacial score (nSPS) is 11.2. The first kappa shape index (κ1) is 19.7. The third-order valence-electron chi connectivity index (χ3n) is 4.20. The van der Waals surface area contributed by atoms with E-state index in [1.54, 1.807) is 24.4 Å². The van der Waals surface area contributed by atoms with Crippen molar-refractivity contribution in [3.05, 3.63) is 63.6 Å². The molecular weight excluding hydrogens is 380 g/mol. The predicted octanol–water partition coefficient (Wildman–Crippen LogP) is 3.88. The van der Waals surface area contributed by atoms with E-state index in [-0.39, 0.29) is 12.5 Å². The van der Waals surface area contributed by atoms with E-state index in [2.05, 4.69) is 15.7 Å². The zero-order chi connectivity index (χ0) is 20.3. The van der Waals surface area contributed by atoms with Crippen molar-refractivity contribution < 1.29 is 14.1 Å². The highest BCUT2D eigenvalue weighted by molar-refractivity contribution is 6.30. The summed E-state index contributed by atoms with van der Waals surface area (Å²) >= 11 is 5.91. The van der Waals surface area contributed by atoms with Gasteiger partial charge in [-0.2, -0.15) is 5.10 Å². The molecule has 0 unspecified atom stereocenters. The fraction of sp³-hybridized carbons (Fsp3) is 0.250. The summed E-state index contributed by atoms with van der Waals surface area (Å²) in [4.78, 5) is 12.0. The molecule has 28 heavy (non-hydrogen) atoms. The Morgan fingerprint density at radius 2 is 2.07 bits per heavy atom. The molecule has 2 aromatic heterocycles. The molecule has 146 valence electrons. The van der Waals surface area contributed by atoms with Gasteiger partial charge in [0, 0.05) is 28.0 Å². The van der Waals surface area contributed by atoms with E-state index in [0.717, 1.165) is 28.3 Å². The maximum absolute atomic E-state index is 12.0. The molecule has 0 saturated heterocycles. The number of aryl methyl sites for hydroxylation is 3. The molecule has 1 aromatic carbocycles. The quantitative estimate of drug-likeness (QED) is 0.502. The van der Waals surface area contributed by atoms with E-state index in [4.69, 9.17) is 20.9 Å². The van der Waals surface area contributed by atoms with Crippen molar-refractivity contribution in [1.82, 2.24) is 15.1 Å². The number of nitrogens with one attached hydrogen (secondary N) is 1. The van der Waals surface area contributed by atoms with Gasteiger partial charge in [0.2, 0.25) is 0 Å². The Morgan fingerprint density at radius 3 is 2.75 bits per heavy atom. The van der Waals surface area contributed by atoms with Crippen molar-refractivity contribution >= 4 is 23.7 Å². The molecule has 0 fully saturated rings. The zero-order valence-electron chi connectivity index (χ0n) is 16.1. The summed E-state index contributed by atoms with van der Waals surface area (Å²) in [5, 5.41) is 8.69. The number of carbonyl (C=O) groups excluding carboxylic acids is 1. The van der Waals surface area contributed by atoms with Crippen molar-refractivity contribution in [3.63, 3.8) is 0 Å². The Balaban J connectivity index is 1.61. The van der Waals surface area contributed by atoms with E-state index in [1.165, 1.54) is 0 Å². The van der Waals surface area contributed by atoms with E-state index in [0.29, 0.717) is 16.6 Å². The molecule has 2 heterocycles. The standard InChI is InChI=1S/C20H21ClN4O3/c1-12-7-17(21)5-6-18(12)27-11-20(26)23-22-10-16-8-13(2)25(15(16)4)19-9-14(3)28-24-19/h5-10H,11H2,1-4H3,(H,23,26)/b22-10-. The van der Waals surface area contributed by atoms with Crippen LogP contribution < -0.4 is 10.2 Å². The molecule has 3 rings (SSSR count). The Kier molecular flexibility index (Phi) is 5.84. The van der Waals surface area contributed by atoms with Gasteiger partial charge in [0.15, 0.2) is 12.4 Å². The molecule has 7 nitrogen and oxygen atoms in total. The van der Waals surface area contributed by atoms with Gasteiger partial charge in [0.1, 0.15) is 11.5 Å². The van der Waals surface area contributed by atoms with Crippen LogP contribution in [0.1, 0.15) is 28.3 Å². The number of ether oxygens (including phenoxy) is 1. The number of halogens is 1. The molecule has 0 aliphatic carbocycles. The van der Waals surface area contributed by atoms with Crippen LogP contribution in [0.15, 0.2) is 40.0 Å². The van der Waals surface area contributed by atoms with Crippen molar-refractivity contribution in [3.8, 4) is 11.6 Å². The molecule has 3 aromatic rings. The van der Waals surface area contributed by atoms with E-state index < -0.39 is 0 Å². The molecule has 1 amide bonds. The maximum atomic E-state index is 12.0. The predicted molar refractivity (Wildman–Crippen MR) is 107 cm³/mol. The SMILES string of the molecule is Cc1cc(-n2c(C)cc(/C=N\NC(=O)COc3ccc(Cl)cc3C)c2C)no1. The fourth-order valence-corrected chi connectivity index (χ4v) is 3.08. The minimum absolute atomic E-state index is 0.142. The molecule has 0 aliphatic heterocycles. The van der Waals surface area contributed by atoms with Crippen LogP contribution in [-0.4, -0.2) is 28.5 Å². The lowest BCUT2D eigenvalue weighted by Crippen LogP contribution is -2.24. The second-order valence-electron chi connectivity index (χ2n) is 6.45. The van der Waals surface area contributed by atoms with Crippen molar-refractivity contribution in [2.75, 3.05) is 6.61 Å². The first-order chi connectivity index (χ1) is 13.3.